The highest BCUT2D eigenvalue weighted by Crippen LogP contribution is 2.28. The van der Waals surface area contributed by atoms with E-state index in [1.54, 1.807) is 7.11 Å². The van der Waals surface area contributed by atoms with Gasteiger partial charge in [-0.1, -0.05) is 37.3 Å². The van der Waals surface area contributed by atoms with Gasteiger partial charge in [-0.2, -0.15) is 0 Å². The van der Waals surface area contributed by atoms with Crippen LogP contribution in [0.25, 0.3) is 0 Å². The second-order valence-corrected chi connectivity index (χ2v) is 6.79. The third-order valence-electron chi connectivity index (χ3n) is 5.28. The predicted octanol–water partition coefficient (Wildman–Crippen LogP) is 4.06. The van der Waals surface area contributed by atoms with Crippen LogP contribution in [0.1, 0.15) is 37.4 Å². The van der Waals surface area contributed by atoms with Crippen LogP contribution < -0.4 is 9.64 Å². The SMILES string of the molecule is CCN(CC(=O)N1CCCc2ccccc21)C(C)c1cccc(OC)c1. The number of carbonyl (C=O) groups excluding carboxylic acids is 1. The van der Waals surface area contributed by atoms with Crippen LogP contribution in [-0.2, 0) is 11.2 Å². The molecule has 1 aliphatic rings. The summed E-state index contributed by atoms with van der Waals surface area (Å²) in [7, 11) is 1.68. The van der Waals surface area contributed by atoms with Crippen molar-refractivity contribution in [3.05, 3.63) is 59.7 Å². The zero-order valence-corrected chi connectivity index (χ0v) is 15.9. The molecular weight excluding hydrogens is 324 g/mol. The van der Waals surface area contributed by atoms with Crippen molar-refractivity contribution in [1.82, 2.24) is 4.90 Å². The van der Waals surface area contributed by atoms with Crippen molar-refractivity contribution in [2.75, 3.05) is 31.6 Å². The topological polar surface area (TPSA) is 32.8 Å². The lowest BCUT2D eigenvalue weighted by molar-refractivity contribution is -0.120. The Morgan fingerprint density at radius 1 is 1.23 bits per heavy atom. The quantitative estimate of drug-likeness (QED) is 0.786. The molecule has 4 nitrogen and oxygen atoms in total. The Hall–Kier alpha value is -2.33. The summed E-state index contributed by atoms with van der Waals surface area (Å²) in [6.45, 7) is 6.30. The van der Waals surface area contributed by atoms with Gasteiger partial charge in [0.15, 0.2) is 0 Å². The van der Waals surface area contributed by atoms with Gasteiger partial charge in [-0.15, -0.1) is 0 Å². The van der Waals surface area contributed by atoms with E-state index in [1.165, 1.54) is 5.56 Å². The molecule has 0 radical (unpaired) electrons. The number of likely N-dealkylation sites (N-methyl/N-ethyl adjacent to an activating group) is 1. The van der Waals surface area contributed by atoms with Gasteiger partial charge in [-0.05, 0) is 55.6 Å². The second kappa shape index (κ2) is 8.37. The van der Waals surface area contributed by atoms with Crippen LogP contribution >= 0.6 is 0 Å². The molecule has 0 fully saturated rings. The standard InChI is InChI=1S/C22H28N2O2/c1-4-23(17(2)19-10-7-12-20(15-19)26-3)16-22(25)24-14-8-11-18-9-5-6-13-21(18)24/h5-7,9-10,12-13,15,17H,4,8,11,14,16H2,1-3H3. The molecule has 3 rings (SSSR count). The normalized spacial score (nSPS) is 14.8. The number of benzene rings is 2. The molecule has 2 aromatic rings. The van der Waals surface area contributed by atoms with Crippen molar-refractivity contribution in [2.45, 2.75) is 32.7 Å². The highest BCUT2D eigenvalue weighted by molar-refractivity contribution is 5.96. The third-order valence-corrected chi connectivity index (χ3v) is 5.28. The van der Waals surface area contributed by atoms with Crippen LogP contribution in [0.15, 0.2) is 48.5 Å². The first kappa shape index (κ1) is 18.5. The molecule has 2 aromatic carbocycles. The molecule has 1 heterocycles. The number of hydrogen-bond acceptors (Lipinski definition) is 3. The maximum atomic E-state index is 13.0. The van der Waals surface area contributed by atoms with E-state index in [1.807, 2.05) is 29.2 Å². The van der Waals surface area contributed by atoms with Gasteiger partial charge in [0.2, 0.25) is 5.91 Å². The van der Waals surface area contributed by atoms with Crippen LogP contribution in [0.4, 0.5) is 5.69 Å². The minimum Gasteiger partial charge on any atom is -0.497 e. The summed E-state index contributed by atoms with van der Waals surface area (Å²) >= 11 is 0. The number of amides is 1. The Balaban J connectivity index is 1.75. The van der Waals surface area contributed by atoms with Gasteiger partial charge in [0, 0.05) is 18.3 Å². The highest BCUT2D eigenvalue weighted by Gasteiger charge is 2.25. The minimum atomic E-state index is 0.152. The largest absolute Gasteiger partial charge is 0.497 e. The maximum absolute atomic E-state index is 13.0. The van der Waals surface area contributed by atoms with Gasteiger partial charge in [0.05, 0.1) is 13.7 Å². The van der Waals surface area contributed by atoms with Crippen molar-refractivity contribution >= 4 is 11.6 Å². The number of carbonyl (C=O) groups is 1. The molecule has 0 saturated carbocycles. The molecule has 1 atom stereocenters. The van der Waals surface area contributed by atoms with Crippen molar-refractivity contribution < 1.29 is 9.53 Å². The molecule has 26 heavy (non-hydrogen) atoms. The number of nitrogens with zero attached hydrogens (tertiary/aromatic N) is 2. The molecule has 4 heteroatoms. The molecule has 1 unspecified atom stereocenters. The molecule has 0 spiro atoms. The summed E-state index contributed by atoms with van der Waals surface area (Å²) in [6.07, 6.45) is 2.08. The maximum Gasteiger partial charge on any atom is 0.241 e. The molecule has 0 aliphatic carbocycles. The van der Waals surface area contributed by atoms with E-state index in [4.69, 9.17) is 4.74 Å². The van der Waals surface area contributed by atoms with Gasteiger partial charge in [0.25, 0.3) is 0 Å². The number of para-hydroxylation sites is 1. The van der Waals surface area contributed by atoms with Gasteiger partial charge in [-0.3, -0.25) is 9.69 Å². The molecule has 0 aromatic heterocycles. The summed E-state index contributed by atoms with van der Waals surface area (Å²) in [5, 5.41) is 0. The van der Waals surface area contributed by atoms with Crippen molar-refractivity contribution in [3.63, 3.8) is 0 Å². The van der Waals surface area contributed by atoms with E-state index in [0.717, 1.165) is 42.9 Å². The minimum absolute atomic E-state index is 0.152. The summed E-state index contributed by atoms with van der Waals surface area (Å²) < 4.78 is 5.34. The Morgan fingerprint density at radius 3 is 2.81 bits per heavy atom. The van der Waals surface area contributed by atoms with Crippen molar-refractivity contribution in [3.8, 4) is 5.75 Å². The Labute approximate surface area is 156 Å². The van der Waals surface area contributed by atoms with Crippen LogP contribution in [0.2, 0.25) is 0 Å². The fourth-order valence-corrected chi connectivity index (χ4v) is 3.69. The predicted molar refractivity (Wildman–Crippen MR) is 106 cm³/mol. The Morgan fingerprint density at radius 2 is 2.04 bits per heavy atom. The number of anilines is 1. The number of fused-ring (bicyclic) bond motifs is 1. The smallest absolute Gasteiger partial charge is 0.241 e. The summed E-state index contributed by atoms with van der Waals surface area (Å²) in [5.41, 5.74) is 3.52. The first-order valence-electron chi connectivity index (χ1n) is 9.40. The average molecular weight is 352 g/mol. The summed E-state index contributed by atoms with van der Waals surface area (Å²) in [6, 6.07) is 16.5. The first-order chi connectivity index (χ1) is 12.6. The third kappa shape index (κ3) is 3.91. The molecule has 138 valence electrons. The van der Waals surface area contributed by atoms with Crippen LogP contribution in [0.5, 0.6) is 5.75 Å². The molecule has 0 N–H and O–H groups in total. The number of aryl methyl sites for hydroxylation is 1. The van der Waals surface area contributed by atoms with E-state index in [-0.39, 0.29) is 11.9 Å². The van der Waals surface area contributed by atoms with E-state index in [2.05, 4.69) is 43.0 Å². The lowest BCUT2D eigenvalue weighted by Gasteiger charge is -2.33. The summed E-state index contributed by atoms with van der Waals surface area (Å²) in [5.74, 6) is 1.02. The molecular formula is C22H28N2O2. The van der Waals surface area contributed by atoms with E-state index >= 15 is 0 Å². The Kier molecular flexibility index (Phi) is 5.94. The average Bonchev–Trinajstić information content (AvgIpc) is 2.70. The number of ether oxygens (including phenoxy) is 1. The van der Waals surface area contributed by atoms with E-state index in [9.17, 15) is 4.79 Å². The zero-order chi connectivity index (χ0) is 18.5. The van der Waals surface area contributed by atoms with Crippen LogP contribution in [-0.4, -0.2) is 37.6 Å². The Bertz CT molecular complexity index is 759. The molecule has 0 bridgehead atoms. The van der Waals surface area contributed by atoms with Gasteiger partial charge < -0.3 is 9.64 Å². The van der Waals surface area contributed by atoms with Gasteiger partial charge in [-0.25, -0.2) is 0 Å². The monoisotopic (exact) mass is 352 g/mol. The molecule has 1 aliphatic heterocycles. The zero-order valence-electron chi connectivity index (χ0n) is 15.9. The van der Waals surface area contributed by atoms with E-state index < -0.39 is 0 Å². The van der Waals surface area contributed by atoms with Crippen molar-refractivity contribution in [2.24, 2.45) is 0 Å². The van der Waals surface area contributed by atoms with Crippen molar-refractivity contribution in [1.29, 1.82) is 0 Å². The van der Waals surface area contributed by atoms with Crippen LogP contribution in [0, 0.1) is 0 Å². The molecule has 0 saturated heterocycles. The van der Waals surface area contributed by atoms with Gasteiger partial charge in [0.1, 0.15) is 5.75 Å². The van der Waals surface area contributed by atoms with Crippen LogP contribution in [0.3, 0.4) is 0 Å². The van der Waals surface area contributed by atoms with E-state index in [0.29, 0.717) is 6.54 Å². The fourth-order valence-electron chi connectivity index (χ4n) is 3.69. The number of methoxy groups -OCH3 is 1. The molecule has 1 amide bonds. The number of rotatable bonds is 6. The second-order valence-electron chi connectivity index (χ2n) is 6.79. The first-order valence-corrected chi connectivity index (χ1v) is 9.40. The lowest BCUT2D eigenvalue weighted by Crippen LogP contribution is -2.43. The lowest BCUT2D eigenvalue weighted by atomic mass is 10.0. The highest BCUT2D eigenvalue weighted by atomic mass is 16.5. The fraction of sp³-hybridized carbons (Fsp3) is 0.409. The van der Waals surface area contributed by atoms with Gasteiger partial charge >= 0.3 is 0 Å². The number of hydrogen-bond donors (Lipinski definition) is 0. The summed E-state index contributed by atoms with van der Waals surface area (Å²) in [4.78, 5) is 17.2.